The van der Waals surface area contributed by atoms with Gasteiger partial charge >= 0.3 is 0 Å². The van der Waals surface area contributed by atoms with E-state index in [1.165, 1.54) is 12.4 Å². The van der Waals surface area contributed by atoms with Gasteiger partial charge in [-0.25, -0.2) is 4.68 Å². The minimum Gasteiger partial charge on any atom is -0.340 e. The predicted octanol–water partition coefficient (Wildman–Crippen LogP) is 1.50. The molecule has 0 aliphatic carbocycles. The highest BCUT2D eigenvalue weighted by atomic mass is 16.6. The van der Waals surface area contributed by atoms with E-state index in [9.17, 15) is 14.9 Å². The SMILES string of the molecule is O=C(Cc1ccc(-n2cnnn2)cc1)N1CCN(CCc2cccc([N+](=O)[O-])c2)CC1. The Morgan fingerprint density at radius 2 is 1.81 bits per heavy atom. The molecule has 1 aliphatic heterocycles. The molecule has 160 valence electrons. The van der Waals surface area contributed by atoms with E-state index in [4.69, 9.17) is 0 Å². The van der Waals surface area contributed by atoms with Crippen molar-refractivity contribution >= 4 is 11.6 Å². The van der Waals surface area contributed by atoms with Gasteiger partial charge in [-0.3, -0.25) is 19.8 Å². The summed E-state index contributed by atoms with van der Waals surface area (Å²) in [6.07, 6.45) is 2.64. The summed E-state index contributed by atoms with van der Waals surface area (Å²) in [7, 11) is 0. The predicted molar refractivity (Wildman–Crippen MR) is 113 cm³/mol. The molecule has 10 nitrogen and oxygen atoms in total. The topological polar surface area (TPSA) is 110 Å². The second-order valence-electron chi connectivity index (χ2n) is 7.50. The monoisotopic (exact) mass is 421 g/mol. The molecule has 1 aromatic heterocycles. The lowest BCUT2D eigenvalue weighted by atomic mass is 10.1. The van der Waals surface area contributed by atoms with Crippen LogP contribution >= 0.6 is 0 Å². The summed E-state index contributed by atoms with van der Waals surface area (Å²) in [6, 6.07) is 14.4. The standard InChI is InChI=1S/C21H23N7O3/c29-21(15-18-4-6-19(7-5-18)27-16-22-23-24-27)26-12-10-25(11-13-26)9-8-17-2-1-3-20(14-17)28(30)31/h1-7,14,16H,8-13,15H2. The minimum atomic E-state index is -0.368. The zero-order chi connectivity index (χ0) is 21.6. The summed E-state index contributed by atoms with van der Waals surface area (Å²) in [5.41, 5.74) is 2.88. The number of non-ortho nitro benzene ring substituents is 1. The van der Waals surface area contributed by atoms with Gasteiger partial charge < -0.3 is 4.90 Å². The lowest BCUT2D eigenvalue weighted by molar-refractivity contribution is -0.384. The van der Waals surface area contributed by atoms with Crippen LogP contribution in [0.1, 0.15) is 11.1 Å². The van der Waals surface area contributed by atoms with Crippen LogP contribution in [-0.2, 0) is 17.6 Å². The van der Waals surface area contributed by atoms with E-state index in [1.807, 2.05) is 35.2 Å². The van der Waals surface area contributed by atoms with Gasteiger partial charge in [0.2, 0.25) is 5.91 Å². The summed E-state index contributed by atoms with van der Waals surface area (Å²) < 4.78 is 1.57. The molecule has 0 N–H and O–H groups in total. The first kappa shape index (κ1) is 20.6. The second-order valence-corrected chi connectivity index (χ2v) is 7.50. The number of aromatic nitrogens is 4. The Hall–Kier alpha value is -3.66. The molecule has 2 heterocycles. The zero-order valence-electron chi connectivity index (χ0n) is 17.0. The number of piperazine rings is 1. The molecule has 10 heteroatoms. The van der Waals surface area contributed by atoms with Gasteiger partial charge in [0.05, 0.1) is 17.0 Å². The third kappa shape index (κ3) is 5.28. The molecule has 4 rings (SSSR count). The number of amides is 1. The van der Waals surface area contributed by atoms with Crippen molar-refractivity contribution in [2.24, 2.45) is 0 Å². The Morgan fingerprint density at radius 3 is 2.48 bits per heavy atom. The van der Waals surface area contributed by atoms with Crippen molar-refractivity contribution in [3.8, 4) is 5.69 Å². The summed E-state index contributed by atoms with van der Waals surface area (Å²) in [5, 5.41) is 22.0. The lowest BCUT2D eigenvalue weighted by Gasteiger charge is -2.34. The van der Waals surface area contributed by atoms with Gasteiger partial charge in [-0.2, -0.15) is 0 Å². The van der Waals surface area contributed by atoms with E-state index in [0.717, 1.165) is 42.9 Å². The molecule has 1 amide bonds. The maximum Gasteiger partial charge on any atom is 0.269 e. The summed E-state index contributed by atoms with van der Waals surface area (Å²) in [5.74, 6) is 0.119. The molecular formula is C21H23N7O3. The van der Waals surface area contributed by atoms with Gasteiger partial charge in [0.1, 0.15) is 6.33 Å². The molecule has 0 saturated carbocycles. The van der Waals surface area contributed by atoms with Gasteiger partial charge in [-0.05, 0) is 40.1 Å². The molecule has 0 radical (unpaired) electrons. The first-order chi connectivity index (χ1) is 15.1. The number of nitro benzene ring substituents is 1. The number of hydrogen-bond donors (Lipinski definition) is 0. The quantitative estimate of drug-likeness (QED) is 0.420. The maximum atomic E-state index is 12.7. The van der Waals surface area contributed by atoms with Crippen molar-refractivity contribution in [1.29, 1.82) is 0 Å². The molecule has 0 atom stereocenters. The smallest absolute Gasteiger partial charge is 0.269 e. The highest BCUT2D eigenvalue weighted by molar-refractivity contribution is 5.79. The lowest BCUT2D eigenvalue weighted by Crippen LogP contribution is -2.49. The van der Waals surface area contributed by atoms with Crippen molar-refractivity contribution < 1.29 is 9.72 Å². The fraction of sp³-hybridized carbons (Fsp3) is 0.333. The summed E-state index contributed by atoms with van der Waals surface area (Å²) in [6.45, 7) is 3.81. The van der Waals surface area contributed by atoms with Gasteiger partial charge in [0.25, 0.3) is 5.69 Å². The zero-order valence-corrected chi connectivity index (χ0v) is 17.0. The maximum absolute atomic E-state index is 12.7. The Bertz CT molecular complexity index is 1030. The second kappa shape index (κ2) is 9.43. The molecule has 3 aromatic rings. The van der Waals surface area contributed by atoms with Crippen LogP contribution < -0.4 is 0 Å². The van der Waals surface area contributed by atoms with Gasteiger partial charge in [0.15, 0.2) is 0 Å². The van der Waals surface area contributed by atoms with Crippen LogP contribution in [0.15, 0.2) is 54.9 Å². The van der Waals surface area contributed by atoms with Crippen molar-refractivity contribution in [3.05, 3.63) is 76.1 Å². The van der Waals surface area contributed by atoms with Crippen LogP contribution in [0.2, 0.25) is 0 Å². The average molecular weight is 421 g/mol. The number of nitrogens with zero attached hydrogens (tertiary/aromatic N) is 7. The minimum absolute atomic E-state index is 0.119. The van der Waals surface area contributed by atoms with Crippen LogP contribution in [0.3, 0.4) is 0 Å². The average Bonchev–Trinajstić information content (AvgIpc) is 3.34. The fourth-order valence-electron chi connectivity index (χ4n) is 3.67. The summed E-state index contributed by atoms with van der Waals surface area (Å²) in [4.78, 5) is 27.4. The van der Waals surface area contributed by atoms with Crippen LogP contribution in [0.5, 0.6) is 0 Å². The third-order valence-corrected chi connectivity index (χ3v) is 5.47. The van der Waals surface area contributed by atoms with Crippen molar-refractivity contribution in [3.63, 3.8) is 0 Å². The van der Waals surface area contributed by atoms with E-state index in [1.54, 1.807) is 16.8 Å². The Balaban J connectivity index is 1.23. The van der Waals surface area contributed by atoms with Crippen LogP contribution in [0.4, 0.5) is 5.69 Å². The number of rotatable bonds is 7. The number of benzene rings is 2. The van der Waals surface area contributed by atoms with Crippen LogP contribution in [0, 0.1) is 10.1 Å². The number of tetrazole rings is 1. The number of hydrogen-bond acceptors (Lipinski definition) is 7. The van der Waals surface area contributed by atoms with E-state index in [0.29, 0.717) is 19.5 Å². The fourth-order valence-corrected chi connectivity index (χ4v) is 3.67. The van der Waals surface area contributed by atoms with Gasteiger partial charge in [-0.15, -0.1) is 5.10 Å². The molecule has 2 aromatic carbocycles. The number of carbonyl (C=O) groups excluding carboxylic acids is 1. The van der Waals surface area contributed by atoms with E-state index in [-0.39, 0.29) is 16.5 Å². The van der Waals surface area contributed by atoms with Crippen LogP contribution in [-0.4, -0.2) is 73.6 Å². The first-order valence-corrected chi connectivity index (χ1v) is 10.1. The molecule has 31 heavy (non-hydrogen) atoms. The first-order valence-electron chi connectivity index (χ1n) is 10.1. The van der Waals surface area contributed by atoms with Gasteiger partial charge in [-0.1, -0.05) is 24.3 Å². The van der Waals surface area contributed by atoms with Crippen LogP contribution in [0.25, 0.3) is 5.69 Å². The van der Waals surface area contributed by atoms with E-state index < -0.39 is 0 Å². The van der Waals surface area contributed by atoms with E-state index in [2.05, 4.69) is 20.4 Å². The molecule has 0 unspecified atom stereocenters. The van der Waals surface area contributed by atoms with E-state index >= 15 is 0 Å². The molecular weight excluding hydrogens is 398 g/mol. The Morgan fingerprint density at radius 1 is 1.03 bits per heavy atom. The Labute approximate surface area is 179 Å². The Kier molecular flexibility index (Phi) is 6.27. The molecule has 0 bridgehead atoms. The van der Waals surface area contributed by atoms with Crippen molar-refractivity contribution in [2.45, 2.75) is 12.8 Å². The summed E-state index contributed by atoms with van der Waals surface area (Å²) >= 11 is 0. The number of carbonyl (C=O) groups is 1. The van der Waals surface area contributed by atoms with Gasteiger partial charge in [0, 0.05) is 44.9 Å². The third-order valence-electron chi connectivity index (χ3n) is 5.47. The highest BCUT2D eigenvalue weighted by Crippen LogP contribution is 2.15. The highest BCUT2D eigenvalue weighted by Gasteiger charge is 2.21. The molecule has 1 fully saturated rings. The van der Waals surface area contributed by atoms with Crippen molar-refractivity contribution in [2.75, 3.05) is 32.7 Å². The number of nitro groups is 1. The normalized spacial score (nSPS) is 14.5. The van der Waals surface area contributed by atoms with Crippen molar-refractivity contribution in [1.82, 2.24) is 30.0 Å². The molecule has 1 aliphatic rings. The largest absolute Gasteiger partial charge is 0.340 e. The molecule has 1 saturated heterocycles. The molecule has 0 spiro atoms.